The van der Waals surface area contributed by atoms with E-state index in [1.54, 1.807) is 0 Å². The molecule has 0 atom stereocenters. The van der Waals surface area contributed by atoms with E-state index in [4.69, 9.17) is 11.6 Å². The summed E-state index contributed by atoms with van der Waals surface area (Å²) in [6.45, 7) is 0.724. The van der Waals surface area contributed by atoms with Crippen LogP contribution in [0.1, 0.15) is 22.5 Å². The second-order valence-corrected chi connectivity index (χ2v) is 5.51. The number of piperidine rings is 1. The third kappa shape index (κ3) is 2.51. The van der Waals surface area contributed by atoms with Gasteiger partial charge < -0.3 is 4.90 Å². The fourth-order valence-corrected chi connectivity index (χ4v) is 2.90. The molecule has 1 saturated heterocycles. The van der Waals surface area contributed by atoms with Gasteiger partial charge in [0.15, 0.2) is 4.34 Å². The zero-order valence-corrected chi connectivity index (χ0v) is 10.8. The molecule has 0 spiro atoms. The molecule has 1 aliphatic rings. The van der Waals surface area contributed by atoms with Crippen molar-refractivity contribution in [3.05, 3.63) is 25.4 Å². The van der Waals surface area contributed by atoms with Crippen LogP contribution in [0.4, 0.5) is 5.69 Å². The molecule has 0 unspecified atom stereocenters. The lowest BCUT2D eigenvalue weighted by atomic mass is 10.1. The van der Waals surface area contributed by atoms with Crippen molar-refractivity contribution in [2.45, 2.75) is 12.8 Å². The molecule has 1 amide bonds. The molecule has 96 valence electrons. The molecule has 0 aliphatic carbocycles. The van der Waals surface area contributed by atoms with Crippen LogP contribution in [0.15, 0.2) is 6.07 Å². The van der Waals surface area contributed by atoms with E-state index in [0.29, 0.717) is 25.9 Å². The van der Waals surface area contributed by atoms with E-state index in [9.17, 15) is 19.7 Å². The molecule has 0 saturated carbocycles. The Labute approximate surface area is 111 Å². The smallest absolute Gasteiger partial charge is 0.299 e. The van der Waals surface area contributed by atoms with Crippen molar-refractivity contribution < 1.29 is 14.5 Å². The fourth-order valence-electron chi connectivity index (χ4n) is 1.70. The first-order chi connectivity index (χ1) is 8.49. The monoisotopic (exact) mass is 288 g/mol. The second kappa shape index (κ2) is 5.03. The molecule has 0 aromatic carbocycles. The Morgan fingerprint density at radius 1 is 1.44 bits per heavy atom. The minimum absolute atomic E-state index is 0.00330. The van der Waals surface area contributed by atoms with Crippen LogP contribution in [0.2, 0.25) is 4.34 Å². The molecule has 1 aromatic heterocycles. The van der Waals surface area contributed by atoms with Gasteiger partial charge in [0, 0.05) is 32.0 Å². The van der Waals surface area contributed by atoms with Gasteiger partial charge in [0.2, 0.25) is 0 Å². The number of ketones is 1. The molecular weight excluding hydrogens is 280 g/mol. The van der Waals surface area contributed by atoms with Crippen molar-refractivity contribution in [1.29, 1.82) is 0 Å². The van der Waals surface area contributed by atoms with Crippen molar-refractivity contribution in [1.82, 2.24) is 4.90 Å². The first-order valence-corrected chi connectivity index (χ1v) is 6.43. The van der Waals surface area contributed by atoms with Crippen LogP contribution in [0.25, 0.3) is 0 Å². The molecule has 2 heterocycles. The number of likely N-dealkylation sites (tertiary alicyclic amines) is 1. The summed E-state index contributed by atoms with van der Waals surface area (Å²) >= 11 is 6.59. The number of nitro groups is 1. The molecule has 6 nitrogen and oxygen atoms in total. The molecule has 1 aliphatic heterocycles. The first kappa shape index (κ1) is 13.0. The van der Waals surface area contributed by atoms with Gasteiger partial charge in [-0.2, -0.15) is 0 Å². The maximum Gasteiger partial charge on any atom is 0.299 e. The highest BCUT2D eigenvalue weighted by Crippen LogP contribution is 2.34. The average Bonchev–Trinajstić information content (AvgIpc) is 2.71. The van der Waals surface area contributed by atoms with Gasteiger partial charge in [-0.25, -0.2) is 0 Å². The molecule has 1 aromatic rings. The number of halogens is 1. The number of carbonyl (C=O) groups excluding carboxylic acids is 2. The van der Waals surface area contributed by atoms with E-state index in [2.05, 4.69) is 0 Å². The van der Waals surface area contributed by atoms with E-state index in [1.807, 2.05) is 0 Å². The molecule has 1 fully saturated rings. The van der Waals surface area contributed by atoms with Gasteiger partial charge in [0.05, 0.1) is 4.92 Å². The highest BCUT2D eigenvalue weighted by Gasteiger charge is 2.26. The van der Waals surface area contributed by atoms with Gasteiger partial charge in [-0.3, -0.25) is 19.7 Å². The standard InChI is InChI=1S/C10H9ClN2O4S/c11-9-7(13(16)17)5-8(18-9)10(15)12-3-1-6(14)2-4-12/h5H,1-4H2. The van der Waals surface area contributed by atoms with Crippen molar-refractivity contribution in [3.63, 3.8) is 0 Å². The van der Waals surface area contributed by atoms with Crippen LogP contribution >= 0.6 is 22.9 Å². The van der Waals surface area contributed by atoms with Crippen LogP contribution < -0.4 is 0 Å². The summed E-state index contributed by atoms with van der Waals surface area (Å²) in [5.41, 5.74) is -0.252. The number of amides is 1. The Balaban J connectivity index is 2.16. The summed E-state index contributed by atoms with van der Waals surface area (Å²) in [5, 5.41) is 10.6. The normalized spacial score (nSPS) is 15.8. The number of nitrogens with zero attached hydrogens (tertiary/aromatic N) is 2. The molecular formula is C10H9ClN2O4S. The van der Waals surface area contributed by atoms with E-state index < -0.39 is 4.92 Å². The Morgan fingerprint density at radius 3 is 2.56 bits per heavy atom. The molecule has 0 bridgehead atoms. The van der Waals surface area contributed by atoms with Crippen molar-refractivity contribution >= 4 is 40.3 Å². The summed E-state index contributed by atoms with van der Waals surface area (Å²) in [6, 6.07) is 1.19. The van der Waals surface area contributed by atoms with E-state index in [-0.39, 0.29) is 26.6 Å². The fraction of sp³-hybridized carbons (Fsp3) is 0.400. The number of rotatable bonds is 2. The quantitative estimate of drug-likeness (QED) is 0.616. The maximum atomic E-state index is 12.0. The number of thiophene rings is 1. The lowest BCUT2D eigenvalue weighted by Crippen LogP contribution is -2.38. The van der Waals surface area contributed by atoms with Gasteiger partial charge in [0.1, 0.15) is 10.7 Å². The van der Waals surface area contributed by atoms with Crippen LogP contribution in [0, 0.1) is 10.1 Å². The Hall–Kier alpha value is -1.47. The first-order valence-electron chi connectivity index (χ1n) is 5.23. The molecule has 0 N–H and O–H groups in total. The molecule has 0 radical (unpaired) electrons. The maximum absolute atomic E-state index is 12.0. The van der Waals surface area contributed by atoms with Gasteiger partial charge in [-0.15, -0.1) is 11.3 Å². The van der Waals surface area contributed by atoms with Gasteiger partial charge in [-0.05, 0) is 0 Å². The summed E-state index contributed by atoms with van der Waals surface area (Å²) in [7, 11) is 0. The largest absolute Gasteiger partial charge is 0.337 e. The van der Waals surface area contributed by atoms with Gasteiger partial charge >= 0.3 is 0 Å². The lowest BCUT2D eigenvalue weighted by Gasteiger charge is -2.25. The predicted molar refractivity (Wildman–Crippen MR) is 66.1 cm³/mol. The van der Waals surface area contributed by atoms with Crippen LogP contribution in [-0.2, 0) is 4.79 Å². The van der Waals surface area contributed by atoms with E-state index in [1.165, 1.54) is 11.0 Å². The number of hydrogen-bond acceptors (Lipinski definition) is 5. The SMILES string of the molecule is O=C1CCN(C(=O)c2cc([N+](=O)[O-])c(Cl)s2)CC1. The Morgan fingerprint density at radius 2 is 2.06 bits per heavy atom. The Kier molecular flexibility index (Phi) is 3.63. The van der Waals surface area contributed by atoms with Crippen LogP contribution in [0.3, 0.4) is 0 Å². The topological polar surface area (TPSA) is 80.5 Å². The Bertz CT molecular complexity index is 518. The van der Waals surface area contributed by atoms with Gasteiger partial charge in [0.25, 0.3) is 11.6 Å². The molecule has 18 heavy (non-hydrogen) atoms. The summed E-state index contributed by atoms with van der Waals surface area (Å²) in [6.07, 6.45) is 0.680. The summed E-state index contributed by atoms with van der Waals surface area (Å²) in [5.74, 6) is -0.170. The van der Waals surface area contributed by atoms with Crippen molar-refractivity contribution in [3.8, 4) is 0 Å². The highest BCUT2D eigenvalue weighted by atomic mass is 35.5. The minimum Gasteiger partial charge on any atom is -0.337 e. The van der Waals surface area contributed by atoms with Crippen molar-refractivity contribution in [2.24, 2.45) is 0 Å². The molecule has 8 heteroatoms. The third-order valence-electron chi connectivity index (χ3n) is 2.68. The van der Waals surface area contributed by atoms with Gasteiger partial charge in [-0.1, -0.05) is 11.6 Å². The zero-order valence-electron chi connectivity index (χ0n) is 9.22. The van der Waals surface area contributed by atoms with E-state index in [0.717, 1.165) is 11.3 Å². The number of carbonyl (C=O) groups is 2. The number of Topliss-reactive ketones (excluding diaryl/α,β-unsaturated/α-hetero) is 1. The summed E-state index contributed by atoms with van der Waals surface area (Å²) < 4.78 is -0.00330. The van der Waals surface area contributed by atoms with Crippen LogP contribution in [-0.4, -0.2) is 34.6 Å². The highest BCUT2D eigenvalue weighted by molar-refractivity contribution is 7.18. The van der Waals surface area contributed by atoms with E-state index >= 15 is 0 Å². The molecule has 2 rings (SSSR count). The zero-order chi connectivity index (χ0) is 13.3. The second-order valence-electron chi connectivity index (χ2n) is 3.86. The minimum atomic E-state index is -0.616. The summed E-state index contributed by atoms with van der Waals surface area (Å²) in [4.78, 5) is 34.9. The number of hydrogen-bond donors (Lipinski definition) is 0. The predicted octanol–water partition coefficient (Wildman–Crippen LogP) is 2.11. The third-order valence-corrected chi connectivity index (χ3v) is 4.01. The average molecular weight is 289 g/mol. The lowest BCUT2D eigenvalue weighted by molar-refractivity contribution is -0.384. The van der Waals surface area contributed by atoms with Crippen molar-refractivity contribution in [2.75, 3.05) is 13.1 Å². The van der Waals surface area contributed by atoms with Crippen LogP contribution in [0.5, 0.6) is 0 Å².